The number of hydrogen-bond donors (Lipinski definition) is 1. The summed E-state index contributed by atoms with van der Waals surface area (Å²) >= 11 is 0. The monoisotopic (exact) mass is 368 g/mol. The average Bonchev–Trinajstić information content (AvgIpc) is 3.09. The smallest absolute Gasteiger partial charge is 0.252 e. The fourth-order valence-corrected chi connectivity index (χ4v) is 3.77. The number of anilines is 1. The van der Waals surface area contributed by atoms with E-state index in [-0.39, 0.29) is 0 Å². The predicted octanol–water partition coefficient (Wildman–Crippen LogP) is 1.85. The molecule has 7 nitrogen and oxygen atoms in total. The van der Waals surface area contributed by atoms with Gasteiger partial charge in [0.05, 0.1) is 5.56 Å². The minimum atomic E-state index is -0.419. The third-order valence-corrected chi connectivity index (χ3v) is 5.09. The van der Waals surface area contributed by atoms with Crippen molar-refractivity contribution in [2.45, 2.75) is 20.4 Å². The summed E-state index contributed by atoms with van der Waals surface area (Å²) in [5.41, 5.74) is 9.12. The Morgan fingerprint density at radius 2 is 1.85 bits per heavy atom. The third kappa shape index (κ3) is 3.55. The zero-order valence-corrected chi connectivity index (χ0v) is 15.7. The Morgan fingerprint density at radius 1 is 1.11 bits per heavy atom. The number of ether oxygens (including phenoxy) is 2. The van der Waals surface area contributed by atoms with Gasteiger partial charge in [0.25, 0.3) is 5.91 Å². The van der Waals surface area contributed by atoms with Crippen LogP contribution in [-0.4, -0.2) is 48.8 Å². The van der Waals surface area contributed by atoms with E-state index in [4.69, 9.17) is 15.2 Å². The summed E-state index contributed by atoms with van der Waals surface area (Å²) in [6.45, 7) is 8.39. The summed E-state index contributed by atoms with van der Waals surface area (Å²) in [5.74, 6) is 1.92. The van der Waals surface area contributed by atoms with E-state index < -0.39 is 5.91 Å². The number of aryl methyl sites for hydroxylation is 2. The number of nitrogens with zero attached hydrogens (tertiary/aromatic N) is 3. The number of primary amides is 1. The first-order valence-electron chi connectivity index (χ1n) is 9.15. The SMILES string of the molecule is Cc1cc(C)c(C(N)=O)c(N2CCN(Cc3ccc4c(c3)OCO4)CC2)n1. The Hall–Kier alpha value is -2.80. The van der Waals surface area contributed by atoms with Gasteiger partial charge in [-0.1, -0.05) is 6.07 Å². The summed E-state index contributed by atoms with van der Waals surface area (Å²) < 4.78 is 10.8. The molecule has 7 heteroatoms. The van der Waals surface area contributed by atoms with Crippen molar-refractivity contribution in [2.24, 2.45) is 5.73 Å². The number of carbonyl (C=O) groups is 1. The fraction of sp³-hybridized carbons (Fsp3) is 0.400. The molecule has 2 N–H and O–H groups in total. The first kappa shape index (κ1) is 17.6. The summed E-state index contributed by atoms with van der Waals surface area (Å²) in [6, 6.07) is 7.99. The van der Waals surface area contributed by atoms with Crippen LogP contribution in [0, 0.1) is 13.8 Å². The van der Waals surface area contributed by atoms with E-state index in [1.165, 1.54) is 5.56 Å². The van der Waals surface area contributed by atoms with Crippen molar-refractivity contribution in [2.75, 3.05) is 37.9 Å². The maximum absolute atomic E-state index is 11.9. The second kappa shape index (κ2) is 7.08. The van der Waals surface area contributed by atoms with Gasteiger partial charge in [0.15, 0.2) is 11.5 Å². The van der Waals surface area contributed by atoms with E-state index in [1.807, 2.05) is 32.0 Å². The molecule has 0 radical (unpaired) electrons. The van der Waals surface area contributed by atoms with Gasteiger partial charge in [-0.3, -0.25) is 9.69 Å². The molecule has 0 atom stereocenters. The van der Waals surface area contributed by atoms with Crippen LogP contribution in [0.25, 0.3) is 0 Å². The van der Waals surface area contributed by atoms with Crippen LogP contribution in [0.3, 0.4) is 0 Å². The van der Waals surface area contributed by atoms with Gasteiger partial charge in [-0.2, -0.15) is 0 Å². The molecule has 0 bridgehead atoms. The summed E-state index contributed by atoms with van der Waals surface area (Å²) in [7, 11) is 0. The van der Waals surface area contributed by atoms with Gasteiger partial charge in [0.2, 0.25) is 6.79 Å². The highest BCUT2D eigenvalue weighted by Crippen LogP contribution is 2.33. The zero-order valence-electron chi connectivity index (χ0n) is 15.7. The topological polar surface area (TPSA) is 80.9 Å². The molecule has 2 aromatic rings. The number of aromatic nitrogens is 1. The molecule has 0 aliphatic carbocycles. The molecule has 1 fully saturated rings. The highest BCUT2D eigenvalue weighted by Gasteiger charge is 2.24. The average molecular weight is 368 g/mol. The van der Waals surface area contributed by atoms with E-state index in [0.717, 1.165) is 55.5 Å². The van der Waals surface area contributed by atoms with Crippen molar-refractivity contribution in [3.8, 4) is 11.5 Å². The Bertz CT molecular complexity index is 876. The second-order valence-electron chi connectivity index (χ2n) is 7.09. The van der Waals surface area contributed by atoms with Crippen molar-refractivity contribution in [1.82, 2.24) is 9.88 Å². The van der Waals surface area contributed by atoms with E-state index in [2.05, 4.69) is 20.9 Å². The van der Waals surface area contributed by atoms with Crippen molar-refractivity contribution in [3.05, 3.63) is 46.6 Å². The minimum absolute atomic E-state index is 0.294. The first-order valence-corrected chi connectivity index (χ1v) is 9.15. The lowest BCUT2D eigenvalue weighted by Gasteiger charge is -2.36. The number of pyridine rings is 1. The highest BCUT2D eigenvalue weighted by atomic mass is 16.7. The highest BCUT2D eigenvalue weighted by molar-refractivity contribution is 5.99. The molecule has 4 rings (SSSR count). The molecule has 1 aromatic carbocycles. The molecule has 0 unspecified atom stereocenters. The normalized spacial score (nSPS) is 16.6. The molecule has 142 valence electrons. The van der Waals surface area contributed by atoms with E-state index >= 15 is 0 Å². The van der Waals surface area contributed by atoms with E-state index in [0.29, 0.717) is 18.2 Å². The van der Waals surface area contributed by atoms with Crippen LogP contribution in [0.1, 0.15) is 27.2 Å². The molecular weight excluding hydrogens is 344 g/mol. The van der Waals surface area contributed by atoms with Gasteiger partial charge in [0.1, 0.15) is 5.82 Å². The molecule has 1 saturated heterocycles. The Morgan fingerprint density at radius 3 is 2.59 bits per heavy atom. The molecule has 0 spiro atoms. The maximum atomic E-state index is 11.9. The van der Waals surface area contributed by atoms with Gasteiger partial charge in [-0.05, 0) is 43.2 Å². The molecule has 1 aromatic heterocycles. The van der Waals surface area contributed by atoms with Gasteiger partial charge in [-0.25, -0.2) is 4.98 Å². The number of rotatable bonds is 4. The maximum Gasteiger partial charge on any atom is 0.252 e. The number of amides is 1. The van der Waals surface area contributed by atoms with Crippen LogP contribution < -0.4 is 20.1 Å². The van der Waals surface area contributed by atoms with Crippen LogP contribution in [-0.2, 0) is 6.54 Å². The van der Waals surface area contributed by atoms with Gasteiger partial charge < -0.3 is 20.1 Å². The quantitative estimate of drug-likeness (QED) is 0.887. The second-order valence-corrected chi connectivity index (χ2v) is 7.09. The largest absolute Gasteiger partial charge is 0.454 e. The van der Waals surface area contributed by atoms with Crippen molar-refractivity contribution in [1.29, 1.82) is 0 Å². The van der Waals surface area contributed by atoms with E-state index in [9.17, 15) is 4.79 Å². The molecule has 1 amide bonds. The van der Waals surface area contributed by atoms with Crippen LogP contribution in [0.4, 0.5) is 5.82 Å². The Labute approximate surface area is 158 Å². The van der Waals surface area contributed by atoms with Crippen molar-refractivity contribution in [3.63, 3.8) is 0 Å². The van der Waals surface area contributed by atoms with Gasteiger partial charge >= 0.3 is 0 Å². The molecule has 2 aliphatic heterocycles. The zero-order chi connectivity index (χ0) is 19.0. The summed E-state index contributed by atoms with van der Waals surface area (Å²) in [5, 5.41) is 0. The Balaban J connectivity index is 1.44. The number of fused-ring (bicyclic) bond motifs is 1. The molecular formula is C20H24N4O3. The van der Waals surface area contributed by atoms with E-state index in [1.54, 1.807) is 0 Å². The van der Waals surface area contributed by atoms with Crippen molar-refractivity contribution >= 4 is 11.7 Å². The van der Waals surface area contributed by atoms with Crippen molar-refractivity contribution < 1.29 is 14.3 Å². The predicted molar refractivity (Wildman–Crippen MR) is 102 cm³/mol. The standard InChI is InChI=1S/C20H24N4O3/c1-13-9-14(2)22-20(18(13)19(21)25)24-7-5-23(6-8-24)11-15-3-4-16-17(10-15)27-12-26-16/h3-4,9-10H,5-8,11-12H2,1-2H3,(H2,21,25). The number of benzene rings is 1. The lowest BCUT2D eigenvalue weighted by Crippen LogP contribution is -2.47. The molecule has 0 saturated carbocycles. The molecule has 2 aliphatic rings. The number of hydrogen-bond acceptors (Lipinski definition) is 6. The molecule has 27 heavy (non-hydrogen) atoms. The number of nitrogens with two attached hydrogens (primary N) is 1. The first-order chi connectivity index (χ1) is 13.0. The number of piperazine rings is 1. The minimum Gasteiger partial charge on any atom is -0.454 e. The van der Waals surface area contributed by atoms with Gasteiger partial charge in [-0.15, -0.1) is 0 Å². The lowest BCUT2D eigenvalue weighted by molar-refractivity contribution is 0.0999. The Kier molecular flexibility index (Phi) is 4.61. The molecule has 3 heterocycles. The summed E-state index contributed by atoms with van der Waals surface area (Å²) in [4.78, 5) is 21.1. The van der Waals surface area contributed by atoms with Gasteiger partial charge in [0, 0.05) is 38.4 Å². The lowest BCUT2D eigenvalue weighted by atomic mass is 10.1. The fourth-order valence-electron chi connectivity index (χ4n) is 3.77. The number of carbonyl (C=O) groups excluding carboxylic acids is 1. The van der Waals surface area contributed by atoms with Crippen LogP contribution >= 0.6 is 0 Å². The summed E-state index contributed by atoms with van der Waals surface area (Å²) in [6.07, 6.45) is 0. The van der Waals surface area contributed by atoms with Crippen LogP contribution in [0.15, 0.2) is 24.3 Å². The third-order valence-electron chi connectivity index (χ3n) is 5.09. The van der Waals surface area contributed by atoms with Crippen LogP contribution in [0.5, 0.6) is 11.5 Å². The van der Waals surface area contributed by atoms with Crippen LogP contribution in [0.2, 0.25) is 0 Å².